The number of carbonyl (C=O) groups excluding carboxylic acids is 1. The van der Waals surface area contributed by atoms with Crippen molar-refractivity contribution >= 4 is 5.91 Å². The Kier molecular flexibility index (Phi) is 4.98. The summed E-state index contributed by atoms with van der Waals surface area (Å²) < 4.78 is 0. The number of benzene rings is 1. The van der Waals surface area contributed by atoms with Crippen molar-refractivity contribution < 1.29 is 9.90 Å². The number of nitrogens with one attached hydrogen (secondary N) is 1. The summed E-state index contributed by atoms with van der Waals surface area (Å²) >= 11 is 0. The molecule has 3 rings (SSSR count). The van der Waals surface area contributed by atoms with Crippen LogP contribution in [0.5, 0.6) is 5.75 Å². The zero-order valence-electron chi connectivity index (χ0n) is 13.1. The molecule has 4 heteroatoms. The van der Waals surface area contributed by atoms with Crippen molar-refractivity contribution in [3.8, 4) is 5.75 Å². The molecule has 0 radical (unpaired) electrons. The van der Waals surface area contributed by atoms with E-state index in [4.69, 9.17) is 0 Å². The van der Waals surface area contributed by atoms with Crippen LogP contribution in [0.1, 0.15) is 43.6 Å². The van der Waals surface area contributed by atoms with Crippen molar-refractivity contribution in [3.63, 3.8) is 0 Å². The van der Waals surface area contributed by atoms with Crippen molar-refractivity contribution in [1.29, 1.82) is 0 Å². The first kappa shape index (κ1) is 15.3. The molecule has 0 aliphatic carbocycles. The maximum absolute atomic E-state index is 12.3. The first-order chi connectivity index (χ1) is 10.7. The van der Waals surface area contributed by atoms with Gasteiger partial charge >= 0.3 is 0 Å². The number of nitrogens with zero attached hydrogens (tertiary/aromatic N) is 1. The molecule has 2 aliphatic heterocycles. The first-order valence-electron chi connectivity index (χ1n) is 8.50. The Morgan fingerprint density at radius 2 is 1.91 bits per heavy atom. The molecule has 1 atom stereocenters. The number of carbonyl (C=O) groups is 1. The minimum absolute atomic E-state index is 0.317. The molecule has 2 saturated heterocycles. The van der Waals surface area contributed by atoms with E-state index in [9.17, 15) is 9.90 Å². The second kappa shape index (κ2) is 7.14. The minimum Gasteiger partial charge on any atom is -0.508 e. The molecule has 1 aromatic carbocycles. The van der Waals surface area contributed by atoms with Gasteiger partial charge in [-0.15, -0.1) is 0 Å². The molecule has 1 amide bonds. The highest BCUT2D eigenvalue weighted by molar-refractivity contribution is 5.76. The lowest BCUT2D eigenvalue weighted by Gasteiger charge is -2.32. The Labute approximate surface area is 132 Å². The standard InChI is InChI=1S/C18H26N2O2/c21-17-4-2-15(3-5-17)16-8-11-20(12-9-16)18(22)6-1-14-7-10-19-13-14/h2-5,14,16,19,21H,1,6-13H2. The van der Waals surface area contributed by atoms with Crippen molar-refractivity contribution in [2.45, 2.75) is 38.0 Å². The highest BCUT2D eigenvalue weighted by atomic mass is 16.3. The average Bonchev–Trinajstić information content (AvgIpc) is 3.07. The molecular formula is C18H26N2O2. The van der Waals surface area contributed by atoms with Gasteiger partial charge < -0.3 is 15.3 Å². The summed E-state index contributed by atoms with van der Waals surface area (Å²) in [4.78, 5) is 14.4. The lowest BCUT2D eigenvalue weighted by molar-refractivity contribution is -0.132. The molecule has 2 N–H and O–H groups in total. The van der Waals surface area contributed by atoms with Crippen LogP contribution in [0.15, 0.2) is 24.3 Å². The second-order valence-electron chi connectivity index (χ2n) is 6.64. The van der Waals surface area contributed by atoms with Crippen molar-refractivity contribution in [1.82, 2.24) is 10.2 Å². The minimum atomic E-state index is 0.317. The van der Waals surface area contributed by atoms with E-state index in [1.165, 1.54) is 12.0 Å². The summed E-state index contributed by atoms with van der Waals surface area (Å²) in [5.74, 6) is 1.86. The number of hydrogen-bond donors (Lipinski definition) is 2. The lowest BCUT2D eigenvalue weighted by atomic mass is 9.89. The van der Waals surface area contributed by atoms with Crippen LogP contribution in [0.3, 0.4) is 0 Å². The zero-order valence-corrected chi connectivity index (χ0v) is 13.1. The molecule has 2 fully saturated rings. The molecule has 1 unspecified atom stereocenters. The van der Waals surface area contributed by atoms with Crippen LogP contribution >= 0.6 is 0 Å². The van der Waals surface area contributed by atoms with Crippen LogP contribution in [-0.2, 0) is 4.79 Å². The van der Waals surface area contributed by atoms with Crippen LogP contribution in [0.4, 0.5) is 0 Å². The van der Waals surface area contributed by atoms with E-state index in [-0.39, 0.29) is 0 Å². The number of rotatable bonds is 4. The first-order valence-corrected chi connectivity index (χ1v) is 8.50. The summed E-state index contributed by atoms with van der Waals surface area (Å²) in [6.07, 6.45) is 5.01. The van der Waals surface area contributed by atoms with Gasteiger partial charge in [0.05, 0.1) is 0 Å². The van der Waals surface area contributed by atoms with Gasteiger partial charge in [0, 0.05) is 19.5 Å². The Balaban J connectivity index is 1.44. The third kappa shape index (κ3) is 3.80. The quantitative estimate of drug-likeness (QED) is 0.898. The van der Waals surface area contributed by atoms with Gasteiger partial charge in [-0.1, -0.05) is 12.1 Å². The van der Waals surface area contributed by atoms with Gasteiger partial charge in [-0.25, -0.2) is 0 Å². The highest BCUT2D eigenvalue weighted by Gasteiger charge is 2.24. The summed E-state index contributed by atoms with van der Waals surface area (Å²) in [6.45, 7) is 3.92. The normalized spacial score (nSPS) is 22.9. The fourth-order valence-electron chi connectivity index (χ4n) is 3.66. The van der Waals surface area contributed by atoms with Gasteiger partial charge in [0.25, 0.3) is 0 Å². The van der Waals surface area contributed by atoms with Crippen molar-refractivity contribution in [3.05, 3.63) is 29.8 Å². The monoisotopic (exact) mass is 302 g/mol. The molecule has 0 aromatic heterocycles. The van der Waals surface area contributed by atoms with Gasteiger partial charge in [0.1, 0.15) is 5.75 Å². The van der Waals surface area contributed by atoms with E-state index in [0.717, 1.165) is 45.4 Å². The van der Waals surface area contributed by atoms with Crippen LogP contribution in [0.25, 0.3) is 0 Å². The molecule has 0 spiro atoms. The third-order valence-electron chi connectivity index (χ3n) is 5.14. The van der Waals surface area contributed by atoms with Crippen LogP contribution in [-0.4, -0.2) is 42.1 Å². The smallest absolute Gasteiger partial charge is 0.222 e. The van der Waals surface area contributed by atoms with Crippen LogP contribution in [0.2, 0.25) is 0 Å². The molecule has 22 heavy (non-hydrogen) atoms. The second-order valence-corrected chi connectivity index (χ2v) is 6.64. The SMILES string of the molecule is O=C(CCC1CCNC1)N1CCC(c2ccc(O)cc2)CC1. The molecule has 0 saturated carbocycles. The Morgan fingerprint density at radius 1 is 1.18 bits per heavy atom. The average molecular weight is 302 g/mol. The van der Waals surface area contributed by atoms with E-state index in [1.54, 1.807) is 12.1 Å². The number of likely N-dealkylation sites (tertiary alicyclic amines) is 1. The Hall–Kier alpha value is -1.55. The highest BCUT2D eigenvalue weighted by Crippen LogP contribution is 2.29. The predicted molar refractivity (Wildman–Crippen MR) is 86.9 cm³/mol. The van der Waals surface area contributed by atoms with Crippen molar-refractivity contribution in [2.24, 2.45) is 5.92 Å². The van der Waals surface area contributed by atoms with E-state index >= 15 is 0 Å². The summed E-state index contributed by atoms with van der Waals surface area (Å²) in [6, 6.07) is 7.51. The fraction of sp³-hybridized carbons (Fsp3) is 0.611. The van der Waals surface area contributed by atoms with E-state index in [0.29, 0.717) is 29.9 Å². The van der Waals surface area contributed by atoms with Crippen molar-refractivity contribution in [2.75, 3.05) is 26.2 Å². The largest absolute Gasteiger partial charge is 0.508 e. The number of piperidine rings is 1. The van der Waals surface area contributed by atoms with E-state index in [1.807, 2.05) is 17.0 Å². The summed E-state index contributed by atoms with van der Waals surface area (Å²) in [7, 11) is 0. The summed E-state index contributed by atoms with van der Waals surface area (Å²) in [5.41, 5.74) is 1.28. The van der Waals surface area contributed by atoms with Crippen LogP contribution < -0.4 is 5.32 Å². The van der Waals surface area contributed by atoms with Gasteiger partial charge in [0.2, 0.25) is 5.91 Å². The van der Waals surface area contributed by atoms with Crippen LogP contribution in [0, 0.1) is 5.92 Å². The number of phenolic OH excluding ortho intramolecular Hbond substituents is 1. The number of aromatic hydroxyl groups is 1. The van der Waals surface area contributed by atoms with E-state index in [2.05, 4.69) is 5.32 Å². The van der Waals surface area contributed by atoms with Gasteiger partial charge in [-0.05, 0) is 68.3 Å². The van der Waals surface area contributed by atoms with E-state index < -0.39 is 0 Å². The molecular weight excluding hydrogens is 276 g/mol. The molecule has 2 heterocycles. The Bertz CT molecular complexity index is 486. The maximum atomic E-state index is 12.3. The fourth-order valence-corrected chi connectivity index (χ4v) is 3.66. The number of hydrogen-bond acceptors (Lipinski definition) is 3. The predicted octanol–water partition coefficient (Wildman–Crippen LogP) is 2.49. The number of phenols is 1. The molecule has 4 nitrogen and oxygen atoms in total. The molecule has 1 aromatic rings. The number of amides is 1. The zero-order chi connectivity index (χ0) is 15.4. The lowest BCUT2D eigenvalue weighted by Crippen LogP contribution is -2.38. The third-order valence-corrected chi connectivity index (χ3v) is 5.14. The van der Waals surface area contributed by atoms with Gasteiger partial charge in [-0.2, -0.15) is 0 Å². The summed E-state index contributed by atoms with van der Waals surface area (Å²) in [5, 5.41) is 12.7. The molecule has 120 valence electrons. The molecule has 2 aliphatic rings. The maximum Gasteiger partial charge on any atom is 0.222 e. The van der Waals surface area contributed by atoms with Gasteiger partial charge in [0.15, 0.2) is 0 Å². The topological polar surface area (TPSA) is 52.6 Å². The Morgan fingerprint density at radius 3 is 2.55 bits per heavy atom. The molecule has 0 bridgehead atoms. The van der Waals surface area contributed by atoms with Gasteiger partial charge in [-0.3, -0.25) is 4.79 Å².